The highest BCUT2D eigenvalue weighted by Gasteiger charge is 2.56. The summed E-state index contributed by atoms with van der Waals surface area (Å²) in [4.78, 5) is 179. The van der Waals surface area contributed by atoms with Gasteiger partial charge in [-0.05, 0) is 213 Å². The predicted molar refractivity (Wildman–Crippen MR) is 532 cm³/mol. The Labute approximate surface area is 821 Å². The largest absolute Gasteiger partial charge is 0.497 e. The molecule has 4 aromatic heterocycles. The lowest BCUT2D eigenvalue weighted by molar-refractivity contribution is -0.125. The fourth-order valence-electron chi connectivity index (χ4n) is 19.5. The first-order valence-corrected chi connectivity index (χ1v) is 46.6. The van der Waals surface area contributed by atoms with E-state index in [1.54, 1.807) is 115 Å². The van der Waals surface area contributed by atoms with Gasteiger partial charge in [0, 0.05) is 70.6 Å². The highest BCUT2D eigenvalue weighted by atomic mass is 32.1. The van der Waals surface area contributed by atoms with E-state index in [-0.39, 0.29) is 56.4 Å². The maximum atomic E-state index is 13.2. The standard InChI is InChI=1S/C29H24N4O4.C29H23N3O4.C27H23N5O4.C25H20N4O4S/c1-17-3-4-20-13-19(8-12-25(20)30-17)18-5-9-22(10-6-18)29(27(35)31-28(36)32-29)16-33-15-21-7-11-23(37-2)14-24(21)26(33)34;1-36-22-14-11-20-16-32(26(33)25(20)15-22)17-29(27(34)30-28(35)31-29)21-12-9-19(10-13-21)24-8-4-6-18-5-2-3-7-23(18)24;1-15-9-18(10-22-23(15)29-14-28-22)16-3-6-19(7-4-16)27(25(34)30-26(35)31-27)13-32-12-17-5-8-20(36-2)11-21(17)24(32)33;1-2-3-12-33-17-8-7-16-14-29(22(30)18(16)13-17)15-25(23(31)27-24(32)28-25)21-10-9-20(34-21)19-6-4-5-11-26-19/h3-14H,15-16H2,1-2H3,(H2,31,32,35,36);2-15H,16-17H2,1H3,(H2,30,31,34,35);3-11,14H,12-13H2,1-2H3,(H,28,29)(H2,30,31,34,35);4-11,13H,12,14-15H2,1H3,(H2,27,28,31,32)/t2*29-;27-;25-/m0010/s1. The molecule has 712 valence electrons. The maximum Gasteiger partial charge on any atom is 0.322 e. The number of benzene rings is 11. The van der Waals surface area contributed by atoms with Gasteiger partial charge in [-0.25, -0.2) is 24.2 Å². The summed E-state index contributed by atoms with van der Waals surface area (Å²) in [7, 11) is 4.64. The van der Waals surface area contributed by atoms with Gasteiger partial charge in [-0.3, -0.25) is 69.6 Å². The van der Waals surface area contributed by atoms with E-state index in [9.17, 15) is 57.5 Å². The minimum Gasteiger partial charge on any atom is -0.497 e. The van der Waals surface area contributed by atoms with Crippen LogP contribution < -0.4 is 61.5 Å². The molecular weight excluding hydrogens is 1830 g/mol. The lowest BCUT2D eigenvalue weighted by Gasteiger charge is -2.31. The number of imide groups is 4. The van der Waals surface area contributed by atoms with Gasteiger partial charge in [-0.1, -0.05) is 164 Å². The van der Waals surface area contributed by atoms with E-state index < -0.39 is 69.9 Å². The molecule has 0 unspecified atom stereocenters. The molecule has 0 bridgehead atoms. The lowest BCUT2D eigenvalue weighted by atomic mass is 9.87. The third-order valence-corrected chi connectivity index (χ3v) is 28.2. The van der Waals surface area contributed by atoms with Crippen molar-refractivity contribution in [2.75, 3.05) is 54.1 Å². The van der Waals surface area contributed by atoms with Crippen molar-refractivity contribution in [1.29, 1.82) is 0 Å². The predicted octanol–water partition coefficient (Wildman–Crippen LogP) is 14.3. The van der Waals surface area contributed by atoms with Crippen molar-refractivity contribution in [2.24, 2.45) is 0 Å². The molecule has 8 aliphatic rings. The number of H-pyrrole nitrogens is 1. The van der Waals surface area contributed by atoms with Crippen LogP contribution in [-0.4, -0.2) is 165 Å². The number of nitrogens with zero attached hydrogens (tertiary/aromatic N) is 7. The third kappa shape index (κ3) is 17.4. The molecule has 23 rings (SSSR count). The summed E-state index contributed by atoms with van der Waals surface area (Å²) in [5.74, 6) is 5.11. The van der Waals surface area contributed by atoms with E-state index in [0.717, 1.165) is 110 Å². The molecular formula is C110H90N16O16S. The quantitative estimate of drug-likeness (QED) is 0.0238. The minimum absolute atomic E-state index is 0.000738. The number of rotatable bonds is 21. The number of carbonyl (C=O) groups is 12. The van der Waals surface area contributed by atoms with Gasteiger partial charge in [0.05, 0.1) is 81.0 Å². The highest BCUT2D eigenvalue weighted by Crippen LogP contribution is 2.43. The number of amides is 16. The molecule has 0 spiro atoms. The summed E-state index contributed by atoms with van der Waals surface area (Å²) in [5, 5.41) is 23.9. The average Bonchev–Trinajstić information content (AvgIpc) is 1.62. The number of nitrogens with one attached hydrogen (secondary N) is 9. The zero-order valence-electron chi connectivity index (χ0n) is 77.9. The second-order valence-corrected chi connectivity index (χ2v) is 36.7. The topological polar surface area (TPSA) is 405 Å². The number of thiophene rings is 1. The molecule has 12 heterocycles. The number of imidazole rings is 1. The average molecular weight is 1920 g/mol. The number of aromatic nitrogens is 4. The minimum atomic E-state index is -1.40. The molecule has 9 N–H and O–H groups in total. The van der Waals surface area contributed by atoms with E-state index in [2.05, 4.69) is 111 Å². The van der Waals surface area contributed by atoms with E-state index in [4.69, 9.17) is 18.9 Å². The molecule has 16 amide bonds. The van der Waals surface area contributed by atoms with Crippen molar-refractivity contribution < 1.29 is 76.5 Å². The molecule has 143 heavy (non-hydrogen) atoms. The number of ether oxygens (including phenoxy) is 4. The van der Waals surface area contributed by atoms with Crippen molar-refractivity contribution in [3.8, 4) is 78.8 Å². The first-order chi connectivity index (χ1) is 69.2. The van der Waals surface area contributed by atoms with Crippen LogP contribution in [0, 0.1) is 25.7 Å². The SMILES string of the molecule is CC#CCOc1ccc2c(c1)C(=O)N(C[C@@]1(c3ccc(-c4ccccn4)s3)NC(=O)NC1=O)C2.COc1ccc2c(c1)C(=O)N(C[C@@]1(c3ccc(-c4ccc5nc(C)ccc5c4)cc3)NC(=O)NC1=O)C2.COc1ccc2c(c1)C(=O)N(C[C@@]1(c3ccc(-c4cccc5ccccc45)cc3)NC(=O)NC1=O)C2.COc1ccc2c(c1)C(=O)N(C[C@]1(c3ccc(-c4cc(C)c5nc[nH]c5c4)cc3)NC(=O)NC1=O)C2. The van der Waals surface area contributed by atoms with Gasteiger partial charge in [-0.2, -0.15) is 0 Å². The number of pyridine rings is 2. The molecule has 33 heteroatoms. The fourth-order valence-corrected chi connectivity index (χ4v) is 20.7. The van der Waals surface area contributed by atoms with E-state index >= 15 is 0 Å². The van der Waals surface area contributed by atoms with Gasteiger partial charge in [0.25, 0.3) is 47.3 Å². The van der Waals surface area contributed by atoms with Crippen LogP contribution in [0.3, 0.4) is 0 Å². The zero-order chi connectivity index (χ0) is 99.3. The second kappa shape index (κ2) is 37.6. The molecule has 4 atom stereocenters. The number of hydrogen-bond acceptors (Lipinski definition) is 20. The van der Waals surface area contributed by atoms with Crippen LogP contribution >= 0.6 is 11.3 Å². The summed E-state index contributed by atoms with van der Waals surface area (Å²) < 4.78 is 21.4. The van der Waals surface area contributed by atoms with Crippen molar-refractivity contribution in [2.45, 2.75) is 69.1 Å². The van der Waals surface area contributed by atoms with Gasteiger partial charge in [0.2, 0.25) is 0 Å². The Morgan fingerprint density at radius 1 is 0.385 bits per heavy atom. The van der Waals surface area contributed by atoms with Crippen LogP contribution in [0.25, 0.3) is 76.7 Å². The van der Waals surface area contributed by atoms with Gasteiger partial charge in [-0.15, -0.1) is 17.3 Å². The number of aromatic amines is 1. The Kier molecular flexibility index (Phi) is 24.3. The Bertz CT molecular complexity index is 7890. The van der Waals surface area contributed by atoms with Gasteiger partial charge < -0.3 is 64.8 Å². The molecule has 8 aliphatic heterocycles. The van der Waals surface area contributed by atoms with E-state index in [0.29, 0.717) is 93.0 Å². The van der Waals surface area contributed by atoms with Crippen LogP contribution in [0.5, 0.6) is 23.0 Å². The molecule has 0 aliphatic carbocycles. The van der Waals surface area contributed by atoms with Crippen molar-refractivity contribution in [3.63, 3.8) is 0 Å². The summed E-state index contributed by atoms with van der Waals surface area (Å²) in [6.45, 7) is 7.29. The third-order valence-electron chi connectivity index (χ3n) is 26.9. The number of hydrogen-bond donors (Lipinski definition) is 9. The highest BCUT2D eigenvalue weighted by molar-refractivity contribution is 7.15. The van der Waals surface area contributed by atoms with Crippen molar-refractivity contribution in [1.82, 2.24) is 82.1 Å². The molecule has 4 fully saturated rings. The van der Waals surface area contributed by atoms with E-state index in [1.165, 1.54) is 11.3 Å². The first kappa shape index (κ1) is 92.5. The van der Waals surface area contributed by atoms with Crippen molar-refractivity contribution in [3.05, 3.63) is 351 Å². The Hall–Kier alpha value is -18.2. The fraction of sp³-hybridized carbons (Fsp3) is 0.173. The number of fused-ring (bicyclic) bond motifs is 7. The summed E-state index contributed by atoms with van der Waals surface area (Å²) >= 11 is 1.36. The Morgan fingerprint density at radius 3 is 1.29 bits per heavy atom. The van der Waals surface area contributed by atoms with Crippen LogP contribution in [-0.2, 0) is 67.5 Å². The van der Waals surface area contributed by atoms with Crippen molar-refractivity contribution >= 4 is 115 Å². The van der Waals surface area contributed by atoms with E-state index in [1.807, 2.05) is 184 Å². The summed E-state index contributed by atoms with van der Waals surface area (Å²) in [6.07, 6.45) is 3.37. The maximum absolute atomic E-state index is 13.2. The molecule has 0 saturated carbocycles. The van der Waals surface area contributed by atoms with Crippen LogP contribution in [0.15, 0.2) is 273 Å². The number of urea groups is 4. The monoisotopic (exact) mass is 1920 g/mol. The molecule has 0 radical (unpaired) electrons. The Balaban J connectivity index is 0.000000117. The molecule has 4 saturated heterocycles. The number of methoxy groups -OCH3 is 3. The lowest BCUT2D eigenvalue weighted by Crippen LogP contribution is -2.52. The Morgan fingerprint density at radius 2 is 0.825 bits per heavy atom. The summed E-state index contributed by atoms with van der Waals surface area (Å²) in [5.41, 5.74) is 13.3. The number of aryl methyl sites for hydroxylation is 2. The van der Waals surface area contributed by atoms with Crippen LogP contribution in [0.1, 0.15) is 103 Å². The normalized spacial score (nSPS) is 18.8. The summed E-state index contributed by atoms with van der Waals surface area (Å²) in [6, 6.07) is 79.4. The second-order valence-electron chi connectivity index (χ2n) is 35.6. The molecule has 32 nitrogen and oxygen atoms in total. The van der Waals surface area contributed by atoms with Gasteiger partial charge in [0.1, 0.15) is 29.6 Å². The molecule has 11 aromatic carbocycles. The van der Waals surface area contributed by atoms with Crippen LogP contribution in [0.2, 0.25) is 0 Å². The number of carbonyl (C=O) groups excluding carboxylic acids is 12. The van der Waals surface area contributed by atoms with Crippen LogP contribution in [0.4, 0.5) is 19.2 Å². The van der Waals surface area contributed by atoms with Gasteiger partial charge in [0.15, 0.2) is 22.2 Å². The first-order valence-electron chi connectivity index (χ1n) is 45.7. The van der Waals surface area contributed by atoms with Gasteiger partial charge >= 0.3 is 24.1 Å². The zero-order valence-corrected chi connectivity index (χ0v) is 78.7. The molecule has 15 aromatic rings. The smallest absolute Gasteiger partial charge is 0.322 e.